The lowest BCUT2D eigenvalue weighted by Crippen LogP contribution is -2.49. The van der Waals surface area contributed by atoms with Gasteiger partial charge in [-0.05, 0) is 25.7 Å². The van der Waals surface area contributed by atoms with E-state index in [1.807, 2.05) is 0 Å². The number of rotatable bonds is 28. The molecule has 0 fully saturated rings. The number of likely N-dealkylation sites (N-methyl/N-ethyl adjacent to an activating group) is 1. The molecule has 0 radical (unpaired) electrons. The van der Waals surface area contributed by atoms with Crippen molar-refractivity contribution in [1.29, 1.82) is 0 Å². The second kappa shape index (κ2) is 25.5. The zero-order chi connectivity index (χ0) is 33.3. The molecule has 0 aromatic rings. The Hall–Kier alpha value is -2.77. The lowest BCUT2D eigenvalue weighted by atomic mass is 10.2. The van der Waals surface area contributed by atoms with E-state index >= 15 is 0 Å². The number of hydrogen-bond donors (Lipinski definition) is 3. The van der Waals surface area contributed by atoms with Gasteiger partial charge in [0.15, 0.2) is 0 Å². The number of nitrogens with one attached hydrogen (secondary N) is 1. The van der Waals surface area contributed by atoms with Crippen molar-refractivity contribution in [2.45, 2.75) is 79.1 Å². The van der Waals surface area contributed by atoms with E-state index < -0.39 is 11.9 Å². The zero-order valence-electron chi connectivity index (χ0n) is 28.0. The average molecular weight is 629 g/mol. The summed E-state index contributed by atoms with van der Waals surface area (Å²) in [4.78, 5) is 70.4. The maximum absolute atomic E-state index is 13.1. The molecule has 0 bridgehead atoms. The van der Waals surface area contributed by atoms with E-state index in [0.29, 0.717) is 26.2 Å². The van der Waals surface area contributed by atoms with E-state index in [1.54, 1.807) is 24.5 Å². The minimum atomic E-state index is -1.05. The zero-order valence-corrected chi connectivity index (χ0v) is 28.0. The van der Waals surface area contributed by atoms with Crippen LogP contribution in [0, 0.1) is 0 Å². The normalized spacial score (nSPS) is 11.3. The SMILES string of the molecule is CCCCN(CCCC)C(=O)CN(CCN(CCN(CC(=O)O)CC(=O)N(CCCC)CCCC)CC(=O)NC)CC(=O)O. The van der Waals surface area contributed by atoms with Gasteiger partial charge in [-0.25, -0.2) is 0 Å². The van der Waals surface area contributed by atoms with Crippen LogP contribution in [0.3, 0.4) is 0 Å². The summed E-state index contributed by atoms with van der Waals surface area (Å²) in [7, 11) is 1.52. The molecule has 0 aliphatic heterocycles. The first-order chi connectivity index (χ1) is 21.0. The third-order valence-corrected chi connectivity index (χ3v) is 7.38. The Morgan fingerprint density at radius 3 is 1.07 bits per heavy atom. The van der Waals surface area contributed by atoms with Gasteiger partial charge in [0.1, 0.15) is 0 Å². The standard InChI is InChI=1S/C31H60N6O7/c1-6-10-14-36(15-11-7-2)28(39)23-34(25-30(41)42)20-18-33(22-27(38)32-5)19-21-35(26-31(43)44)24-29(40)37(16-12-8-3)17-13-9-4/h6-26H2,1-5H3,(H,32,38)(H,41,42)(H,43,44). The van der Waals surface area contributed by atoms with Crippen molar-refractivity contribution in [2.24, 2.45) is 0 Å². The molecule has 0 aromatic heterocycles. The highest BCUT2D eigenvalue weighted by Gasteiger charge is 2.23. The number of carboxylic acids is 2. The van der Waals surface area contributed by atoms with Crippen LogP contribution >= 0.6 is 0 Å². The van der Waals surface area contributed by atoms with Crippen LogP contribution in [0.2, 0.25) is 0 Å². The van der Waals surface area contributed by atoms with Crippen LogP contribution in [-0.4, -0.2) is 157 Å². The number of amides is 3. The van der Waals surface area contributed by atoms with Gasteiger partial charge < -0.3 is 25.3 Å². The first-order valence-corrected chi connectivity index (χ1v) is 16.4. The summed E-state index contributed by atoms with van der Waals surface area (Å²) in [5.41, 5.74) is 0. The van der Waals surface area contributed by atoms with Crippen molar-refractivity contribution in [1.82, 2.24) is 29.8 Å². The van der Waals surface area contributed by atoms with Crippen LogP contribution < -0.4 is 5.32 Å². The van der Waals surface area contributed by atoms with E-state index in [2.05, 4.69) is 33.0 Å². The van der Waals surface area contributed by atoms with Gasteiger partial charge in [-0.3, -0.25) is 38.7 Å². The van der Waals surface area contributed by atoms with Crippen LogP contribution in [0.25, 0.3) is 0 Å². The van der Waals surface area contributed by atoms with Crippen molar-refractivity contribution in [3.63, 3.8) is 0 Å². The van der Waals surface area contributed by atoms with Crippen LogP contribution in [0.15, 0.2) is 0 Å². The molecular weight excluding hydrogens is 568 g/mol. The quantitative estimate of drug-likeness (QED) is 0.117. The van der Waals surface area contributed by atoms with Gasteiger partial charge in [-0.2, -0.15) is 0 Å². The van der Waals surface area contributed by atoms with E-state index in [4.69, 9.17) is 0 Å². The van der Waals surface area contributed by atoms with E-state index in [-0.39, 0.29) is 76.6 Å². The Morgan fingerprint density at radius 1 is 0.477 bits per heavy atom. The van der Waals surface area contributed by atoms with Gasteiger partial charge in [-0.1, -0.05) is 53.4 Å². The number of hydrogen-bond acceptors (Lipinski definition) is 8. The molecule has 0 unspecified atom stereocenters. The number of carboxylic acid groups (broad SMARTS) is 2. The third-order valence-electron chi connectivity index (χ3n) is 7.38. The molecule has 13 nitrogen and oxygen atoms in total. The lowest BCUT2D eigenvalue weighted by Gasteiger charge is -2.31. The van der Waals surface area contributed by atoms with Crippen molar-refractivity contribution in [3.05, 3.63) is 0 Å². The van der Waals surface area contributed by atoms with Gasteiger partial charge in [0.25, 0.3) is 0 Å². The average Bonchev–Trinajstić information content (AvgIpc) is 2.97. The predicted molar refractivity (Wildman–Crippen MR) is 171 cm³/mol. The van der Waals surface area contributed by atoms with Gasteiger partial charge in [0.2, 0.25) is 17.7 Å². The van der Waals surface area contributed by atoms with Gasteiger partial charge in [0, 0.05) is 59.4 Å². The Balaban J connectivity index is 5.60. The molecule has 256 valence electrons. The number of carbonyl (C=O) groups is 5. The molecule has 0 saturated carbocycles. The summed E-state index contributed by atoms with van der Waals surface area (Å²) in [5, 5.41) is 21.6. The summed E-state index contributed by atoms with van der Waals surface area (Å²) in [5.74, 6) is -2.58. The fourth-order valence-corrected chi connectivity index (χ4v) is 4.63. The summed E-state index contributed by atoms with van der Waals surface area (Å²) < 4.78 is 0. The molecule has 13 heteroatoms. The van der Waals surface area contributed by atoms with E-state index in [9.17, 15) is 34.2 Å². The van der Waals surface area contributed by atoms with Crippen molar-refractivity contribution >= 4 is 29.7 Å². The minimum Gasteiger partial charge on any atom is -0.480 e. The fourth-order valence-electron chi connectivity index (χ4n) is 4.63. The molecule has 0 heterocycles. The Bertz CT molecular complexity index is 770. The smallest absolute Gasteiger partial charge is 0.317 e. The number of unbranched alkanes of at least 4 members (excludes halogenated alkanes) is 4. The molecule has 0 atom stereocenters. The first-order valence-electron chi connectivity index (χ1n) is 16.4. The molecular formula is C31H60N6O7. The second-order valence-corrected chi connectivity index (χ2v) is 11.3. The summed E-state index contributed by atoms with van der Waals surface area (Å²) in [6.45, 7) is 11.1. The van der Waals surface area contributed by atoms with E-state index in [0.717, 1.165) is 51.4 Å². The largest absolute Gasteiger partial charge is 0.480 e. The highest BCUT2D eigenvalue weighted by Crippen LogP contribution is 2.05. The molecule has 3 N–H and O–H groups in total. The van der Waals surface area contributed by atoms with E-state index in [1.165, 1.54) is 7.05 Å². The Morgan fingerprint density at radius 2 is 0.795 bits per heavy atom. The topological polar surface area (TPSA) is 154 Å². The molecule has 0 rings (SSSR count). The molecule has 44 heavy (non-hydrogen) atoms. The number of nitrogens with zero attached hydrogens (tertiary/aromatic N) is 5. The van der Waals surface area contributed by atoms with Gasteiger partial charge in [0.05, 0.1) is 32.7 Å². The molecule has 0 aliphatic carbocycles. The van der Waals surface area contributed by atoms with Gasteiger partial charge >= 0.3 is 11.9 Å². The monoisotopic (exact) mass is 628 g/mol. The van der Waals surface area contributed by atoms with Crippen LogP contribution in [0.1, 0.15) is 79.1 Å². The van der Waals surface area contributed by atoms with Crippen molar-refractivity contribution in [2.75, 3.05) is 92.1 Å². The Labute approximate surface area is 264 Å². The molecule has 0 aromatic carbocycles. The highest BCUT2D eigenvalue weighted by atomic mass is 16.4. The first kappa shape index (κ1) is 41.2. The highest BCUT2D eigenvalue weighted by molar-refractivity contribution is 5.80. The maximum Gasteiger partial charge on any atom is 0.317 e. The van der Waals surface area contributed by atoms with Gasteiger partial charge in [-0.15, -0.1) is 0 Å². The van der Waals surface area contributed by atoms with Crippen LogP contribution in [0.4, 0.5) is 0 Å². The molecule has 0 aliphatic rings. The maximum atomic E-state index is 13.1. The number of aliphatic carboxylic acids is 2. The van der Waals surface area contributed by atoms with Crippen molar-refractivity contribution in [3.8, 4) is 0 Å². The molecule has 0 spiro atoms. The fraction of sp³-hybridized carbons (Fsp3) is 0.839. The van der Waals surface area contributed by atoms with Crippen LogP contribution in [-0.2, 0) is 24.0 Å². The lowest BCUT2D eigenvalue weighted by molar-refractivity contribution is -0.141. The Kier molecular flexibility index (Phi) is 23.9. The molecule has 0 saturated heterocycles. The summed E-state index contributed by atoms with van der Waals surface area (Å²) >= 11 is 0. The predicted octanol–water partition coefficient (Wildman–Crippen LogP) is 1.67. The summed E-state index contributed by atoms with van der Waals surface area (Å²) in [6.07, 6.45) is 7.28. The van der Waals surface area contributed by atoms with Crippen LogP contribution in [0.5, 0.6) is 0 Å². The number of carbonyl (C=O) groups excluding carboxylic acids is 3. The van der Waals surface area contributed by atoms with Crippen molar-refractivity contribution < 1.29 is 34.2 Å². The minimum absolute atomic E-state index is 0.0124. The summed E-state index contributed by atoms with van der Waals surface area (Å²) in [6, 6.07) is 0. The third kappa shape index (κ3) is 20.2. The second-order valence-electron chi connectivity index (χ2n) is 11.3. The molecule has 3 amide bonds.